The van der Waals surface area contributed by atoms with E-state index in [1.54, 1.807) is 22.7 Å². The van der Waals surface area contributed by atoms with Crippen molar-refractivity contribution < 1.29 is 0 Å². The summed E-state index contributed by atoms with van der Waals surface area (Å²) >= 11 is 3.40. The fraction of sp³-hybridized carbons (Fsp3) is 0.176. The Morgan fingerprint density at radius 1 is 1.09 bits per heavy atom. The third-order valence-corrected chi connectivity index (χ3v) is 5.57. The second-order valence-electron chi connectivity index (χ2n) is 5.27. The fourth-order valence-electron chi connectivity index (χ4n) is 2.66. The van der Waals surface area contributed by atoms with Crippen molar-refractivity contribution in [2.24, 2.45) is 5.10 Å². The van der Waals surface area contributed by atoms with Crippen LogP contribution in [-0.4, -0.2) is 10.7 Å². The number of nitrogens with zero attached hydrogens (tertiary/aromatic N) is 3. The van der Waals surface area contributed by atoms with Crippen molar-refractivity contribution in [2.75, 3.05) is 5.01 Å². The molecule has 22 heavy (non-hydrogen) atoms. The molecule has 5 heteroatoms. The maximum atomic E-state index is 4.88. The highest BCUT2D eigenvalue weighted by Crippen LogP contribution is 2.38. The summed E-state index contributed by atoms with van der Waals surface area (Å²) < 4.78 is 0. The first-order valence-corrected chi connectivity index (χ1v) is 8.95. The average Bonchev–Trinajstić information content (AvgIpc) is 3.27. The fourth-order valence-corrected chi connectivity index (χ4v) is 4.18. The molecule has 0 amide bonds. The summed E-state index contributed by atoms with van der Waals surface area (Å²) in [5, 5.41) is 12.1. The van der Waals surface area contributed by atoms with Gasteiger partial charge < -0.3 is 0 Å². The van der Waals surface area contributed by atoms with Gasteiger partial charge in [0.1, 0.15) is 0 Å². The summed E-state index contributed by atoms with van der Waals surface area (Å²) in [6, 6.07) is 15.0. The van der Waals surface area contributed by atoms with Gasteiger partial charge in [-0.15, -0.1) is 22.7 Å². The van der Waals surface area contributed by atoms with Gasteiger partial charge in [0.15, 0.2) is 0 Å². The molecule has 4 rings (SSSR count). The quantitative estimate of drug-likeness (QED) is 0.687. The van der Waals surface area contributed by atoms with Crippen LogP contribution < -0.4 is 5.01 Å². The normalized spacial score (nSPS) is 17.8. The van der Waals surface area contributed by atoms with Gasteiger partial charge in [0.25, 0.3) is 0 Å². The Bertz CT molecular complexity index is 790. The predicted octanol–water partition coefficient (Wildman–Crippen LogP) is 4.87. The molecule has 0 saturated carbocycles. The Morgan fingerprint density at radius 2 is 1.95 bits per heavy atom. The lowest BCUT2D eigenvalue weighted by Gasteiger charge is -2.21. The minimum Gasteiger partial charge on any atom is -0.231 e. The van der Waals surface area contributed by atoms with Crippen molar-refractivity contribution in [1.29, 1.82) is 0 Å². The number of thiophene rings is 1. The van der Waals surface area contributed by atoms with E-state index in [2.05, 4.69) is 63.2 Å². The van der Waals surface area contributed by atoms with Crippen LogP contribution in [0.25, 0.3) is 0 Å². The SMILES string of the molecule is Cc1csc(N2N=C(c3cccs3)C[C@H]2c2ccccc2)n1. The summed E-state index contributed by atoms with van der Waals surface area (Å²) in [4.78, 5) is 5.87. The third kappa shape index (κ3) is 2.46. The van der Waals surface area contributed by atoms with Crippen molar-refractivity contribution in [3.05, 3.63) is 69.4 Å². The van der Waals surface area contributed by atoms with Crippen LogP contribution in [0.5, 0.6) is 0 Å². The van der Waals surface area contributed by atoms with Crippen molar-refractivity contribution in [1.82, 2.24) is 4.98 Å². The molecule has 3 nitrogen and oxygen atoms in total. The van der Waals surface area contributed by atoms with Gasteiger partial charge in [-0.25, -0.2) is 9.99 Å². The number of hydrogen-bond acceptors (Lipinski definition) is 5. The minimum atomic E-state index is 0.226. The van der Waals surface area contributed by atoms with Gasteiger partial charge in [-0.3, -0.25) is 0 Å². The number of aromatic nitrogens is 1. The van der Waals surface area contributed by atoms with E-state index in [1.807, 2.05) is 6.92 Å². The minimum absolute atomic E-state index is 0.226. The van der Waals surface area contributed by atoms with E-state index in [9.17, 15) is 0 Å². The molecule has 1 aromatic carbocycles. The summed E-state index contributed by atoms with van der Waals surface area (Å²) in [5.74, 6) is 0. The maximum Gasteiger partial charge on any atom is 0.206 e. The number of hydrogen-bond donors (Lipinski definition) is 0. The van der Waals surface area contributed by atoms with Crippen molar-refractivity contribution in [2.45, 2.75) is 19.4 Å². The largest absolute Gasteiger partial charge is 0.231 e. The van der Waals surface area contributed by atoms with Crippen LogP contribution in [0.4, 0.5) is 5.13 Å². The molecular formula is C17H15N3S2. The first-order valence-electron chi connectivity index (χ1n) is 7.19. The number of hydrazone groups is 1. The van der Waals surface area contributed by atoms with E-state index in [0.29, 0.717) is 0 Å². The van der Waals surface area contributed by atoms with Crippen LogP contribution >= 0.6 is 22.7 Å². The molecule has 2 aromatic heterocycles. The van der Waals surface area contributed by atoms with Gasteiger partial charge in [-0.1, -0.05) is 36.4 Å². The van der Waals surface area contributed by atoms with E-state index in [1.165, 1.54) is 10.4 Å². The molecule has 3 aromatic rings. The average molecular weight is 325 g/mol. The lowest BCUT2D eigenvalue weighted by molar-refractivity contribution is 0.705. The van der Waals surface area contributed by atoms with Gasteiger partial charge >= 0.3 is 0 Å². The molecule has 0 fully saturated rings. The highest BCUT2D eigenvalue weighted by molar-refractivity contribution is 7.13. The van der Waals surface area contributed by atoms with Gasteiger partial charge in [-0.2, -0.15) is 5.10 Å². The standard InChI is InChI=1S/C17H15N3S2/c1-12-11-22-17(18-12)20-15(13-6-3-2-4-7-13)10-14(19-20)16-8-5-9-21-16/h2-9,11,15H,10H2,1H3/t15-/m0/s1. The molecule has 0 N–H and O–H groups in total. The first-order chi connectivity index (χ1) is 10.8. The summed E-state index contributed by atoms with van der Waals surface area (Å²) in [7, 11) is 0. The van der Waals surface area contributed by atoms with Crippen LogP contribution in [0.15, 0.2) is 58.3 Å². The number of benzene rings is 1. The predicted molar refractivity (Wildman–Crippen MR) is 94.0 cm³/mol. The van der Waals surface area contributed by atoms with E-state index in [0.717, 1.165) is 23.0 Å². The molecule has 0 radical (unpaired) electrons. The van der Waals surface area contributed by atoms with Crippen LogP contribution in [0.2, 0.25) is 0 Å². The van der Waals surface area contributed by atoms with Gasteiger partial charge in [0.2, 0.25) is 5.13 Å². The first kappa shape index (κ1) is 13.7. The molecule has 0 saturated heterocycles. The summed E-state index contributed by atoms with van der Waals surface area (Å²) in [6.07, 6.45) is 0.920. The second kappa shape index (κ2) is 5.66. The number of anilines is 1. The third-order valence-electron chi connectivity index (χ3n) is 3.70. The Kier molecular flexibility index (Phi) is 3.52. The van der Waals surface area contributed by atoms with Crippen molar-refractivity contribution >= 4 is 33.5 Å². The summed E-state index contributed by atoms with van der Waals surface area (Å²) in [6.45, 7) is 2.03. The maximum absolute atomic E-state index is 4.88. The molecule has 110 valence electrons. The van der Waals surface area contributed by atoms with Crippen LogP contribution in [0.3, 0.4) is 0 Å². The number of aryl methyl sites for hydroxylation is 1. The molecule has 0 aliphatic carbocycles. The Hall–Kier alpha value is -1.98. The van der Waals surface area contributed by atoms with E-state index >= 15 is 0 Å². The highest BCUT2D eigenvalue weighted by Gasteiger charge is 2.31. The molecule has 1 atom stereocenters. The zero-order valence-corrected chi connectivity index (χ0v) is 13.8. The van der Waals surface area contributed by atoms with Crippen LogP contribution in [-0.2, 0) is 0 Å². The molecule has 0 spiro atoms. The molecule has 0 bridgehead atoms. The van der Waals surface area contributed by atoms with Gasteiger partial charge in [-0.05, 0) is 23.9 Å². The van der Waals surface area contributed by atoms with Crippen molar-refractivity contribution in [3.63, 3.8) is 0 Å². The van der Waals surface area contributed by atoms with Gasteiger partial charge in [0, 0.05) is 11.8 Å². The lowest BCUT2D eigenvalue weighted by atomic mass is 10.0. The molecule has 0 unspecified atom stereocenters. The lowest BCUT2D eigenvalue weighted by Crippen LogP contribution is -2.18. The molecule has 1 aliphatic rings. The summed E-state index contributed by atoms with van der Waals surface area (Å²) in [5.41, 5.74) is 3.48. The van der Waals surface area contributed by atoms with Crippen LogP contribution in [0, 0.1) is 6.92 Å². The van der Waals surface area contributed by atoms with E-state index in [-0.39, 0.29) is 6.04 Å². The van der Waals surface area contributed by atoms with E-state index in [4.69, 9.17) is 5.10 Å². The second-order valence-corrected chi connectivity index (χ2v) is 7.05. The van der Waals surface area contributed by atoms with Crippen molar-refractivity contribution in [3.8, 4) is 0 Å². The zero-order valence-electron chi connectivity index (χ0n) is 12.1. The molecular weight excluding hydrogens is 310 g/mol. The zero-order chi connectivity index (χ0) is 14.9. The van der Waals surface area contributed by atoms with E-state index < -0.39 is 0 Å². The van der Waals surface area contributed by atoms with Gasteiger partial charge in [0.05, 0.1) is 22.3 Å². The smallest absolute Gasteiger partial charge is 0.206 e. The monoisotopic (exact) mass is 325 g/mol. The topological polar surface area (TPSA) is 28.5 Å². The Labute approximate surface area is 137 Å². The number of rotatable bonds is 3. The molecule has 3 heterocycles. The number of thiazole rings is 1. The Balaban J connectivity index is 1.75. The highest BCUT2D eigenvalue weighted by atomic mass is 32.1. The van der Waals surface area contributed by atoms with Crippen LogP contribution in [0.1, 0.15) is 28.6 Å². The Morgan fingerprint density at radius 3 is 2.64 bits per heavy atom. The molecule has 1 aliphatic heterocycles.